The highest BCUT2D eigenvalue weighted by atomic mass is 35.5. The molecule has 0 aliphatic carbocycles. The quantitative estimate of drug-likeness (QED) is 0.851. The molecule has 3 rings (SSSR count). The van der Waals surface area contributed by atoms with Crippen molar-refractivity contribution >= 4 is 11.6 Å². The van der Waals surface area contributed by atoms with Gasteiger partial charge in [0.2, 0.25) is 0 Å². The first-order chi connectivity index (χ1) is 9.83. The monoisotopic (exact) mass is 296 g/mol. The second-order valence-electron chi connectivity index (χ2n) is 5.42. The maximum absolute atomic E-state index is 6.20. The molecule has 2 aliphatic heterocycles. The van der Waals surface area contributed by atoms with Gasteiger partial charge in [0, 0.05) is 5.02 Å². The zero-order valence-corrected chi connectivity index (χ0v) is 12.5. The zero-order valence-electron chi connectivity index (χ0n) is 11.7. The molecule has 3 nitrogen and oxygen atoms in total. The molecule has 110 valence electrons. The van der Waals surface area contributed by atoms with Crippen molar-refractivity contribution in [1.82, 2.24) is 0 Å². The van der Waals surface area contributed by atoms with Gasteiger partial charge < -0.3 is 14.2 Å². The predicted octanol–water partition coefficient (Wildman–Crippen LogP) is 3.50. The van der Waals surface area contributed by atoms with Crippen LogP contribution in [-0.4, -0.2) is 26.1 Å². The van der Waals surface area contributed by atoms with E-state index >= 15 is 0 Å². The highest BCUT2D eigenvalue weighted by Crippen LogP contribution is 2.27. The number of hydrogen-bond donors (Lipinski definition) is 0. The van der Waals surface area contributed by atoms with Gasteiger partial charge in [-0.25, -0.2) is 0 Å². The van der Waals surface area contributed by atoms with Gasteiger partial charge >= 0.3 is 0 Å². The molecular formula is C16H21ClO3. The van der Waals surface area contributed by atoms with Crippen LogP contribution in [0, 0.1) is 0 Å². The van der Waals surface area contributed by atoms with Crippen LogP contribution in [0.25, 0.3) is 0 Å². The van der Waals surface area contributed by atoms with Gasteiger partial charge in [-0.2, -0.15) is 0 Å². The van der Waals surface area contributed by atoms with E-state index in [0.29, 0.717) is 6.61 Å². The average molecular weight is 297 g/mol. The van der Waals surface area contributed by atoms with Gasteiger partial charge in [-0.1, -0.05) is 11.6 Å². The van der Waals surface area contributed by atoms with Crippen molar-refractivity contribution in [2.75, 3.05) is 19.8 Å². The van der Waals surface area contributed by atoms with Gasteiger partial charge in [0.1, 0.15) is 0 Å². The van der Waals surface area contributed by atoms with Crippen molar-refractivity contribution in [2.24, 2.45) is 0 Å². The summed E-state index contributed by atoms with van der Waals surface area (Å²) in [5, 5.41) is 0.814. The van der Waals surface area contributed by atoms with Gasteiger partial charge in [-0.05, 0) is 60.9 Å². The van der Waals surface area contributed by atoms with Crippen molar-refractivity contribution in [2.45, 2.75) is 45.0 Å². The van der Waals surface area contributed by atoms with Crippen molar-refractivity contribution in [1.29, 1.82) is 0 Å². The average Bonchev–Trinajstić information content (AvgIpc) is 2.48. The van der Waals surface area contributed by atoms with Gasteiger partial charge in [0.15, 0.2) is 6.29 Å². The topological polar surface area (TPSA) is 27.7 Å². The summed E-state index contributed by atoms with van der Waals surface area (Å²) in [6, 6.07) is 4.14. The van der Waals surface area contributed by atoms with Gasteiger partial charge in [0.05, 0.1) is 26.4 Å². The molecule has 0 aromatic heterocycles. The Kier molecular flexibility index (Phi) is 4.94. The first kappa shape index (κ1) is 14.3. The molecule has 0 spiro atoms. The summed E-state index contributed by atoms with van der Waals surface area (Å²) in [6.45, 7) is 3.16. The smallest absolute Gasteiger partial charge is 0.157 e. The fourth-order valence-electron chi connectivity index (χ4n) is 2.95. The van der Waals surface area contributed by atoms with Crippen LogP contribution in [-0.2, 0) is 33.7 Å². The van der Waals surface area contributed by atoms with Crippen LogP contribution < -0.4 is 0 Å². The van der Waals surface area contributed by atoms with Crippen LogP contribution in [0.5, 0.6) is 0 Å². The minimum atomic E-state index is -0.0120. The molecule has 4 heteroatoms. The van der Waals surface area contributed by atoms with Gasteiger partial charge in [-0.15, -0.1) is 0 Å². The minimum absolute atomic E-state index is 0.0120. The second-order valence-corrected chi connectivity index (χ2v) is 5.86. The Bertz CT molecular complexity index is 455. The number of benzene rings is 1. The van der Waals surface area contributed by atoms with Crippen LogP contribution >= 0.6 is 11.6 Å². The fourth-order valence-corrected chi connectivity index (χ4v) is 3.21. The molecule has 2 aliphatic rings. The van der Waals surface area contributed by atoms with Crippen LogP contribution in [0.1, 0.15) is 36.0 Å². The molecule has 0 bridgehead atoms. The van der Waals surface area contributed by atoms with E-state index < -0.39 is 0 Å². The van der Waals surface area contributed by atoms with Crippen LogP contribution in [0.4, 0.5) is 0 Å². The lowest BCUT2D eigenvalue weighted by Crippen LogP contribution is -2.24. The third-order valence-electron chi connectivity index (χ3n) is 3.94. The molecule has 0 amide bonds. The third kappa shape index (κ3) is 3.53. The van der Waals surface area contributed by atoms with Crippen molar-refractivity contribution in [3.63, 3.8) is 0 Å². The van der Waals surface area contributed by atoms with E-state index in [1.807, 2.05) is 6.07 Å². The molecule has 0 atom stereocenters. The summed E-state index contributed by atoms with van der Waals surface area (Å²) in [5.41, 5.74) is 4.06. The molecule has 20 heavy (non-hydrogen) atoms. The number of hydrogen-bond acceptors (Lipinski definition) is 3. The lowest BCUT2D eigenvalue weighted by molar-refractivity contribution is -0.181. The van der Waals surface area contributed by atoms with Crippen LogP contribution in [0.2, 0.25) is 5.02 Å². The van der Waals surface area contributed by atoms with Crippen LogP contribution in [0.3, 0.4) is 0 Å². The number of aryl methyl sites for hydroxylation is 1. The minimum Gasteiger partial charge on any atom is -0.376 e. The second kappa shape index (κ2) is 6.90. The summed E-state index contributed by atoms with van der Waals surface area (Å²) in [5.74, 6) is 0. The molecule has 1 aromatic carbocycles. The standard InChI is InChI=1S/C16H21ClO3/c17-14-9-12(15-5-8-18-11-13(15)10-14)3-1-4-16-19-6-2-7-20-16/h9-10,16H,1-8,11H2. The molecule has 0 radical (unpaired) electrons. The Morgan fingerprint density at radius 1 is 1.15 bits per heavy atom. The van der Waals surface area contributed by atoms with Gasteiger partial charge in [0.25, 0.3) is 0 Å². The van der Waals surface area contributed by atoms with E-state index in [4.69, 9.17) is 25.8 Å². The normalized spacial score (nSPS) is 19.9. The Labute approximate surface area is 125 Å². The van der Waals surface area contributed by atoms with Crippen molar-refractivity contribution in [3.8, 4) is 0 Å². The van der Waals surface area contributed by atoms with E-state index in [1.165, 1.54) is 16.7 Å². The molecular weight excluding hydrogens is 276 g/mol. The Morgan fingerprint density at radius 2 is 2.00 bits per heavy atom. The summed E-state index contributed by atoms with van der Waals surface area (Å²) in [4.78, 5) is 0. The predicted molar refractivity (Wildman–Crippen MR) is 78.1 cm³/mol. The molecule has 2 heterocycles. The van der Waals surface area contributed by atoms with E-state index in [9.17, 15) is 0 Å². The van der Waals surface area contributed by atoms with Gasteiger partial charge in [-0.3, -0.25) is 0 Å². The van der Waals surface area contributed by atoms with Crippen molar-refractivity contribution in [3.05, 3.63) is 33.8 Å². The first-order valence-corrected chi connectivity index (χ1v) is 7.82. The van der Waals surface area contributed by atoms with Crippen molar-refractivity contribution < 1.29 is 14.2 Å². The molecule has 1 saturated heterocycles. The van der Waals surface area contributed by atoms with E-state index in [0.717, 1.165) is 56.9 Å². The number of ether oxygens (including phenoxy) is 3. The Balaban J connectivity index is 1.60. The highest BCUT2D eigenvalue weighted by molar-refractivity contribution is 6.30. The molecule has 0 unspecified atom stereocenters. The summed E-state index contributed by atoms with van der Waals surface area (Å²) < 4.78 is 16.7. The zero-order chi connectivity index (χ0) is 13.8. The number of halogens is 1. The fraction of sp³-hybridized carbons (Fsp3) is 0.625. The van der Waals surface area contributed by atoms with E-state index in [2.05, 4.69) is 6.07 Å². The Morgan fingerprint density at radius 3 is 2.85 bits per heavy atom. The molecule has 1 aromatic rings. The highest BCUT2D eigenvalue weighted by Gasteiger charge is 2.17. The maximum atomic E-state index is 6.20. The van der Waals surface area contributed by atoms with E-state index in [-0.39, 0.29) is 6.29 Å². The largest absolute Gasteiger partial charge is 0.376 e. The number of rotatable bonds is 4. The Hall–Kier alpha value is -0.610. The molecule has 1 fully saturated rings. The SMILES string of the molecule is Clc1cc(CCCC2OCCCO2)c2c(c1)COCC2. The summed E-state index contributed by atoms with van der Waals surface area (Å²) in [7, 11) is 0. The molecule has 0 saturated carbocycles. The third-order valence-corrected chi connectivity index (χ3v) is 4.15. The first-order valence-electron chi connectivity index (χ1n) is 7.44. The van der Waals surface area contributed by atoms with E-state index in [1.54, 1.807) is 0 Å². The maximum Gasteiger partial charge on any atom is 0.157 e. The number of fused-ring (bicyclic) bond motifs is 1. The molecule has 0 N–H and O–H groups in total. The summed E-state index contributed by atoms with van der Waals surface area (Å²) in [6.07, 6.45) is 5.06. The lowest BCUT2D eigenvalue weighted by Gasteiger charge is -2.24. The summed E-state index contributed by atoms with van der Waals surface area (Å²) >= 11 is 6.20. The lowest BCUT2D eigenvalue weighted by atomic mass is 9.94. The van der Waals surface area contributed by atoms with Crippen LogP contribution in [0.15, 0.2) is 12.1 Å².